The van der Waals surface area contributed by atoms with Crippen LogP contribution in [0.25, 0.3) is 22.4 Å². The second-order valence-corrected chi connectivity index (χ2v) is 6.08. The predicted octanol–water partition coefficient (Wildman–Crippen LogP) is 5.14. The van der Waals surface area contributed by atoms with Crippen molar-refractivity contribution in [2.45, 2.75) is 0 Å². The molecule has 4 rings (SSSR count). The maximum Gasteiger partial charge on any atom is 0.255 e. The Labute approximate surface area is 149 Å². The molecule has 1 amide bonds. The zero-order valence-electron chi connectivity index (χ0n) is 13.2. The number of hydrogen-bond acceptors (Lipinski definition) is 2. The molecule has 0 aliphatic heterocycles. The molecular weight excluding hydrogens is 334 g/mol. The number of aromatic amines is 1. The van der Waals surface area contributed by atoms with Gasteiger partial charge in [-0.25, -0.2) is 4.98 Å². The van der Waals surface area contributed by atoms with Crippen LogP contribution < -0.4 is 5.32 Å². The summed E-state index contributed by atoms with van der Waals surface area (Å²) in [7, 11) is 0. The third kappa shape index (κ3) is 3.25. The van der Waals surface area contributed by atoms with Crippen molar-refractivity contribution in [1.82, 2.24) is 9.97 Å². The number of halogens is 1. The van der Waals surface area contributed by atoms with Gasteiger partial charge in [-0.3, -0.25) is 4.79 Å². The van der Waals surface area contributed by atoms with Gasteiger partial charge in [0.05, 0.1) is 11.0 Å². The summed E-state index contributed by atoms with van der Waals surface area (Å²) >= 11 is 5.94. The highest BCUT2D eigenvalue weighted by atomic mass is 35.5. The maximum atomic E-state index is 12.4. The van der Waals surface area contributed by atoms with Gasteiger partial charge in [-0.15, -0.1) is 0 Å². The smallest absolute Gasteiger partial charge is 0.255 e. The Morgan fingerprint density at radius 2 is 1.80 bits per heavy atom. The molecule has 0 fully saturated rings. The summed E-state index contributed by atoms with van der Waals surface area (Å²) in [5, 5.41) is 3.42. The minimum atomic E-state index is -0.204. The van der Waals surface area contributed by atoms with Crippen LogP contribution in [0.15, 0.2) is 72.8 Å². The molecule has 0 spiro atoms. The first-order chi connectivity index (χ1) is 12.2. The molecule has 0 atom stereocenters. The van der Waals surface area contributed by atoms with E-state index >= 15 is 0 Å². The van der Waals surface area contributed by atoms with E-state index in [1.807, 2.05) is 48.5 Å². The van der Waals surface area contributed by atoms with E-state index < -0.39 is 0 Å². The Hall–Kier alpha value is -3.11. The molecule has 0 saturated heterocycles. The van der Waals surface area contributed by atoms with Crippen LogP contribution >= 0.6 is 11.6 Å². The Bertz CT molecular complexity index is 1040. The number of para-hydroxylation sites is 2. The summed E-state index contributed by atoms with van der Waals surface area (Å²) in [6.07, 6.45) is 0. The summed E-state index contributed by atoms with van der Waals surface area (Å²) < 4.78 is 0. The number of imidazole rings is 1. The summed E-state index contributed by atoms with van der Waals surface area (Å²) in [5.41, 5.74) is 4.00. The summed E-state index contributed by atoms with van der Waals surface area (Å²) in [4.78, 5) is 20.2. The van der Waals surface area contributed by atoms with Crippen LogP contribution in [0.3, 0.4) is 0 Å². The number of carbonyl (C=O) groups is 1. The van der Waals surface area contributed by atoms with Crippen molar-refractivity contribution < 1.29 is 4.79 Å². The average molecular weight is 348 g/mol. The van der Waals surface area contributed by atoms with E-state index in [4.69, 9.17) is 11.6 Å². The zero-order valence-corrected chi connectivity index (χ0v) is 13.9. The van der Waals surface area contributed by atoms with Gasteiger partial charge in [0.1, 0.15) is 5.82 Å². The lowest BCUT2D eigenvalue weighted by Gasteiger charge is -2.07. The molecule has 0 bridgehead atoms. The van der Waals surface area contributed by atoms with E-state index in [0.29, 0.717) is 16.3 Å². The molecule has 5 heteroatoms. The fraction of sp³-hybridized carbons (Fsp3) is 0. The molecule has 0 aliphatic carbocycles. The number of nitrogens with one attached hydrogen (secondary N) is 2. The highest BCUT2D eigenvalue weighted by Gasteiger charge is 2.09. The maximum absolute atomic E-state index is 12.4. The Balaban J connectivity index is 1.62. The standard InChI is InChI=1S/C20H14ClN3O/c21-15-7-3-6-14(11-15)20(25)22-16-8-4-5-13(12-16)19-23-17-9-1-2-10-18(17)24-19/h1-12H,(H,22,25)(H,23,24). The van der Waals surface area contributed by atoms with E-state index in [9.17, 15) is 4.79 Å². The quantitative estimate of drug-likeness (QED) is 0.539. The SMILES string of the molecule is O=C(Nc1cccc(-c2nc3ccccc3[nH]2)c1)c1cccc(Cl)c1. The summed E-state index contributed by atoms with van der Waals surface area (Å²) in [6.45, 7) is 0. The van der Waals surface area contributed by atoms with Crippen LogP contribution in [-0.2, 0) is 0 Å². The number of carbonyl (C=O) groups excluding carboxylic acids is 1. The van der Waals surface area contributed by atoms with Gasteiger partial charge < -0.3 is 10.3 Å². The van der Waals surface area contributed by atoms with Crippen molar-refractivity contribution >= 4 is 34.2 Å². The lowest BCUT2D eigenvalue weighted by molar-refractivity contribution is 0.102. The van der Waals surface area contributed by atoms with Gasteiger partial charge >= 0.3 is 0 Å². The first kappa shape index (κ1) is 15.4. The largest absolute Gasteiger partial charge is 0.338 e. The molecule has 0 aliphatic rings. The van der Waals surface area contributed by atoms with Crippen molar-refractivity contribution in [3.05, 3.63) is 83.4 Å². The molecule has 4 aromatic rings. The lowest BCUT2D eigenvalue weighted by atomic mass is 10.1. The van der Waals surface area contributed by atoms with Crippen LogP contribution in [-0.4, -0.2) is 15.9 Å². The van der Waals surface area contributed by atoms with E-state index in [-0.39, 0.29) is 5.91 Å². The topological polar surface area (TPSA) is 57.8 Å². The third-order valence-corrected chi connectivity index (χ3v) is 4.11. The fourth-order valence-corrected chi connectivity index (χ4v) is 2.86. The molecule has 0 radical (unpaired) electrons. The normalized spacial score (nSPS) is 10.8. The first-order valence-electron chi connectivity index (χ1n) is 7.81. The minimum absolute atomic E-state index is 0.204. The average Bonchev–Trinajstić information content (AvgIpc) is 3.06. The molecule has 25 heavy (non-hydrogen) atoms. The fourth-order valence-electron chi connectivity index (χ4n) is 2.67. The van der Waals surface area contributed by atoms with Gasteiger partial charge in [-0.2, -0.15) is 0 Å². The highest BCUT2D eigenvalue weighted by molar-refractivity contribution is 6.31. The second kappa shape index (κ2) is 6.42. The van der Waals surface area contributed by atoms with E-state index in [2.05, 4.69) is 15.3 Å². The van der Waals surface area contributed by atoms with Gasteiger partial charge in [0.15, 0.2) is 0 Å². The predicted molar refractivity (Wildman–Crippen MR) is 101 cm³/mol. The first-order valence-corrected chi connectivity index (χ1v) is 8.19. The molecule has 122 valence electrons. The second-order valence-electron chi connectivity index (χ2n) is 5.65. The number of anilines is 1. The number of hydrogen-bond donors (Lipinski definition) is 2. The third-order valence-electron chi connectivity index (χ3n) is 3.87. The van der Waals surface area contributed by atoms with Crippen LogP contribution in [0.2, 0.25) is 5.02 Å². The molecule has 0 unspecified atom stereocenters. The Morgan fingerprint density at radius 3 is 2.64 bits per heavy atom. The van der Waals surface area contributed by atoms with E-state index in [0.717, 1.165) is 22.4 Å². The van der Waals surface area contributed by atoms with Crippen LogP contribution in [0.1, 0.15) is 10.4 Å². The monoisotopic (exact) mass is 347 g/mol. The summed E-state index contributed by atoms with van der Waals surface area (Å²) in [6, 6.07) is 22.3. The summed E-state index contributed by atoms with van der Waals surface area (Å²) in [5.74, 6) is 0.560. The van der Waals surface area contributed by atoms with E-state index in [1.54, 1.807) is 24.3 Å². The van der Waals surface area contributed by atoms with Gasteiger partial charge in [-0.05, 0) is 42.5 Å². The Morgan fingerprint density at radius 1 is 0.960 bits per heavy atom. The molecular formula is C20H14ClN3O. The number of rotatable bonds is 3. The molecule has 0 saturated carbocycles. The van der Waals surface area contributed by atoms with Crippen LogP contribution in [0, 0.1) is 0 Å². The molecule has 1 heterocycles. The van der Waals surface area contributed by atoms with Crippen molar-refractivity contribution in [3.8, 4) is 11.4 Å². The van der Waals surface area contributed by atoms with Crippen molar-refractivity contribution in [3.63, 3.8) is 0 Å². The van der Waals surface area contributed by atoms with Gasteiger partial charge in [0, 0.05) is 21.8 Å². The Kier molecular flexibility index (Phi) is 3.96. The number of benzene rings is 3. The van der Waals surface area contributed by atoms with Crippen LogP contribution in [0.4, 0.5) is 5.69 Å². The van der Waals surface area contributed by atoms with Gasteiger partial charge in [0.2, 0.25) is 0 Å². The number of amides is 1. The van der Waals surface area contributed by atoms with E-state index in [1.165, 1.54) is 0 Å². The molecule has 3 aromatic carbocycles. The number of H-pyrrole nitrogens is 1. The minimum Gasteiger partial charge on any atom is -0.338 e. The molecule has 2 N–H and O–H groups in total. The van der Waals surface area contributed by atoms with Gasteiger partial charge in [-0.1, -0.05) is 41.9 Å². The number of nitrogens with zero attached hydrogens (tertiary/aromatic N) is 1. The number of fused-ring (bicyclic) bond motifs is 1. The van der Waals surface area contributed by atoms with Crippen LogP contribution in [0.5, 0.6) is 0 Å². The van der Waals surface area contributed by atoms with Crippen molar-refractivity contribution in [2.24, 2.45) is 0 Å². The van der Waals surface area contributed by atoms with Gasteiger partial charge in [0.25, 0.3) is 5.91 Å². The molecule has 1 aromatic heterocycles. The number of aromatic nitrogens is 2. The lowest BCUT2D eigenvalue weighted by Crippen LogP contribution is -2.11. The molecule has 4 nitrogen and oxygen atoms in total. The zero-order chi connectivity index (χ0) is 17.2. The highest BCUT2D eigenvalue weighted by Crippen LogP contribution is 2.23. The van der Waals surface area contributed by atoms with Crippen molar-refractivity contribution in [1.29, 1.82) is 0 Å². The van der Waals surface area contributed by atoms with Crippen molar-refractivity contribution in [2.75, 3.05) is 5.32 Å².